The summed E-state index contributed by atoms with van der Waals surface area (Å²) in [5.41, 5.74) is 0.723. The van der Waals surface area contributed by atoms with Gasteiger partial charge >= 0.3 is 0 Å². The topological polar surface area (TPSA) is 66.5 Å². The second kappa shape index (κ2) is 7.68. The fraction of sp³-hybridized carbons (Fsp3) is 0.278. The van der Waals surface area contributed by atoms with Crippen LogP contribution in [0.25, 0.3) is 0 Å². The number of carbonyl (C=O) groups excluding carboxylic acids is 1. The Kier molecular flexibility index (Phi) is 5.56. The Hall–Kier alpha value is -1.70. The second-order valence-corrected chi connectivity index (χ2v) is 8.87. The predicted octanol–water partition coefficient (Wildman–Crippen LogP) is 3.49. The van der Waals surface area contributed by atoms with E-state index in [1.807, 2.05) is 30.3 Å². The number of piperidine rings is 1. The van der Waals surface area contributed by atoms with Gasteiger partial charge in [0.25, 0.3) is 0 Å². The van der Waals surface area contributed by atoms with Gasteiger partial charge in [-0.3, -0.25) is 4.79 Å². The zero-order valence-corrected chi connectivity index (χ0v) is 16.0. The molecule has 1 fully saturated rings. The van der Waals surface area contributed by atoms with Crippen molar-refractivity contribution in [3.05, 3.63) is 59.1 Å². The summed E-state index contributed by atoms with van der Waals surface area (Å²) in [5, 5.41) is 2.86. The van der Waals surface area contributed by atoms with Gasteiger partial charge in [-0.25, -0.2) is 8.42 Å². The number of para-hydroxylation sites is 1. The summed E-state index contributed by atoms with van der Waals surface area (Å²) in [5.74, 6) is -0.485. The minimum atomic E-state index is -3.59. The van der Waals surface area contributed by atoms with Gasteiger partial charge < -0.3 is 5.32 Å². The third-order valence-corrected chi connectivity index (χ3v) is 6.66. The van der Waals surface area contributed by atoms with Crippen molar-refractivity contribution in [3.8, 4) is 0 Å². The molecule has 1 heterocycles. The molecule has 25 heavy (non-hydrogen) atoms. The van der Waals surface area contributed by atoms with E-state index in [2.05, 4.69) is 21.2 Å². The van der Waals surface area contributed by atoms with E-state index in [4.69, 9.17) is 0 Å². The van der Waals surface area contributed by atoms with E-state index in [1.165, 1.54) is 4.31 Å². The molecule has 1 atom stereocenters. The number of anilines is 1. The molecule has 5 nitrogen and oxygen atoms in total. The summed E-state index contributed by atoms with van der Waals surface area (Å²) in [6, 6.07) is 15.8. The van der Waals surface area contributed by atoms with Crippen LogP contribution in [-0.4, -0.2) is 31.7 Å². The fourth-order valence-electron chi connectivity index (χ4n) is 2.90. The quantitative estimate of drug-likeness (QED) is 0.819. The van der Waals surface area contributed by atoms with Crippen molar-refractivity contribution in [1.82, 2.24) is 4.31 Å². The van der Waals surface area contributed by atoms with Gasteiger partial charge in [0.15, 0.2) is 0 Å². The number of nitrogens with zero attached hydrogens (tertiary/aromatic N) is 1. The maximum Gasteiger partial charge on any atom is 0.243 e. The van der Waals surface area contributed by atoms with Crippen molar-refractivity contribution in [2.75, 3.05) is 18.4 Å². The van der Waals surface area contributed by atoms with Gasteiger partial charge in [0.2, 0.25) is 15.9 Å². The molecule has 2 aromatic carbocycles. The number of benzene rings is 2. The normalized spacial score (nSPS) is 18.7. The van der Waals surface area contributed by atoms with Crippen molar-refractivity contribution in [2.24, 2.45) is 5.92 Å². The van der Waals surface area contributed by atoms with Crippen LogP contribution < -0.4 is 5.32 Å². The molecule has 0 unspecified atom stereocenters. The molecule has 3 rings (SSSR count). The van der Waals surface area contributed by atoms with E-state index in [0.717, 1.165) is 10.2 Å². The zero-order chi connectivity index (χ0) is 17.9. The predicted molar refractivity (Wildman–Crippen MR) is 101 cm³/mol. The Labute approximate surface area is 156 Å². The first-order valence-electron chi connectivity index (χ1n) is 8.08. The number of halogens is 1. The first kappa shape index (κ1) is 18.1. The Morgan fingerprint density at radius 2 is 1.76 bits per heavy atom. The van der Waals surface area contributed by atoms with E-state index < -0.39 is 10.0 Å². The average molecular weight is 423 g/mol. The average Bonchev–Trinajstić information content (AvgIpc) is 2.63. The number of carbonyl (C=O) groups is 1. The summed E-state index contributed by atoms with van der Waals surface area (Å²) < 4.78 is 27.8. The van der Waals surface area contributed by atoms with Crippen LogP contribution in [0, 0.1) is 5.92 Å². The summed E-state index contributed by atoms with van der Waals surface area (Å²) in [6.07, 6.45) is 1.35. The molecule has 132 valence electrons. The van der Waals surface area contributed by atoms with E-state index in [9.17, 15) is 13.2 Å². The first-order valence-corrected chi connectivity index (χ1v) is 10.3. The number of rotatable bonds is 4. The monoisotopic (exact) mass is 422 g/mol. The largest absolute Gasteiger partial charge is 0.326 e. The molecule has 0 aliphatic carbocycles. The molecule has 0 radical (unpaired) electrons. The summed E-state index contributed by atoms with van der Waals surface area (Å²) >= 11 is 3.31. The van der Waals surface area contributed by atoms with Crippen LogP contribution in [0.15, 0.2) is 64.0 Å². The molecule has 0 saturated carbocycles. The maximum absolute atomic E-state index is 12.8. The molecule has 0 bridgehead atoms. The van der Waals surface area contributed by atoms with Gasteiger partial charge in [-0.05, 0) is 49.2 Å². The summed E-state index contributed by atoms with van der Waals surface area (Å²) in [7, 11) is -3.59. The smallest absolute Gasteiger partial charge is 0.243 e. The molecule has 1 amide bonds. The standard InChI is InChI=1S/C18H19BrN2O3S/c19-15-8-10-17(11-9-15)25(23,24)21-12-4-5-14(13-21)18(22)20-16-6-2-1-3-7-16/h1-3,6-11,14H,4-5,12-13H2,(H,20,22)/t14-/m0/s1. The Morgan fingerprint density at radius 3 is 2.44 bits per heavy atom. The number of hydrogen-bond acceptors (Lipinski definition) is 3. The number of sulfonamides is 1. The molecule has 0 aromatic heterocycles. The summed E-state index contributed by atoms with van der Waals surface area (Å²) in [6.45, 7) is 0.643. The van der Waals surface area contributed by atoms with Crippen LogP contribution in [0.1, 0.15) is 12.8 Å². The minimum absolute atomic E-state index is 0.137. The van der Waals surface area contributed by atoms with Crippen LogP contribution in [0.2, 0.25) is 0 Å². The first-order chi connectivity index (χ1) is 12.0. The lowest BCUT2D eigenvalue weighted by Gasteiger charge is -2.31. The van der Waals surface area contributed by atoms with Crippen molar-refractivity contribution >= 4 is 37.5 Å². The molecule has 1 aliphatic rings. The number of amides is 1. The minimum Gasteiger partial charge on any atom is -0.326 e. The second-order valence-electron chi connectivity index (χ2n) is 6.01. The van der Waals surface area contributed by atoms with Crippen LogP contribution >= 0.6 is 15.9 Å². The van der Waals surface area contributed by atoms with Gasteiger partial charge in [-0.1, -0.05) is 34.1 Å². The molecule has 1 aliphatic heterocycles. The van der Waals surface area contributed by atoms with Crippen LogP contribution in [-0.2, 0) is 14.8 Å². The molecular weight excluding hydrogens is 404 g/mol. The molecular formula is C18H19BrN2O3S. The van der Waals surface area contributed by atoms with Crippen LogP contribution in [0.4, 0.5) is 5.69 Å². The fourth-order valence-corrected chi connectivity index (χ4v) is 4.68. The third kappa shape index (κ3) is 4.29. The van der Waals surface area contributed by atoms with Crippen molar-refractivity contribution in [2.45, 2.75) is 17.7 Å². The van der Waals surface area contributed by atoms with Crippen LogP contribution in [0.5, 0.6) is 0 Å². The summed E-state index contributed by atoms with van der Waals surface area (Å²) in [4.78, 5) is 12.7. The van der Waals surface area contributed by atoms with E-state index in [-0.39, 0.29) is 23.3 Å². The van der Waals surface area contributed by atoms with E-state index in [0.29, 0.717) is 19.4 Å². The molecule has 1 N–H and O–H groups in total. The van der Waals surface area contributed by atoms with E-state index >= 15 is 0 Å². The highest BCUT2D eigenvalue weighted by Crippen LogP contribution is 2.25. The van der Waals surface area contributed by atoms with Crippen molar-refractivity contribution in [1.29, 1.82) is 0 Å². The lowest BCUT2D eigenvalue weighted by Crippen LogP contribution is -2.43. The maximum atomic E-state index is 12.8. The Bertz CT molecular complexity index is 838. The Balaban J connectivity index is 1.72. The zero-order valence-electron chi connectivity index (χ0n) is 13.6. The highest BCUT2D eigenvalue weighted by molar-refractivity contribution is 9.10. The highest BCUT2D eigenvalue weighted by Gasteiger charge is 2.33. The SMILES string of the molecule is O=C(Nc1ccccc1)[C@H]1CCCN(S(=O)(=O)c2ccc(Br)cc2)C1. The van der Waals surface area contributed by atoms with Gasteiger partial charge in [-0.15, -0.1) is 0 Å². The number of nitrogens with one attached hydrogen (secondary N) is 1. The van der Waals surface area contributed by atoms with Gasteiger partial charge in [-0.2, -0.15) is 4.31 Å². The van der Waals surface area contributed by atoms with Crippen molar-refractivity contribution in [3.63, 3.8) is 0 Å². The molecule has 2 aromatic rings. The molecule has 7 heteroatoms. The van der Waals surface area contributed by atoms with Crippen molar-refractivity contribution < 1.29 is 13.2 Å². The lowest BCUT2D eigenvalue weighted by molar-refractivity contribution is -0.120. The van der Waals surface area contributed by atoms with E-state index in [1.54, 1.807) is 24.3 Å². The van der Waals surface area contributed by atoms with Gasteiger partial charge in [0.1, 0.15) is 0 Å². The highest BCUT2D eigenvalue weighted by atomic mass is 79.9. The van der Waals surface area contributed by atoms with Crippen LogP contribution in [0.3, 0.4) is 0 Å². The van der Waals surface area contributed by atoms with Gasteiger partial charge in [0.05, 0.1) is 10.8 Å². The molecule has 0 spiro atoms. The number of hydrogen-bond donors (Lipinski definition) is 1. The Morgan fingerprint density at radius 1 is 1.08 bits per heavy atom. The van der Waals surface area contributed by atoms with Gasteiger partial charge in [0, 0.05) is 23.2 Å². The lowest BCUT2D eigenvalue weighted by atomic mass is 9.99. The molecule has 1 saturated heterocycles. The third-order valence-electron chi connectivity index (χ3n) is 4.25.